The predicted octanol–water partition coefficient (Wildman–Crippen LogP) is 4.38. The monoisotopic (exact) mass is 459 g/mol. The number of nitrogens with zero attached hydrogens (tertiary/aromatic N) is 1. The number of hydrogen-bond donors (Lipinski definition) is 2. The molecule has 0 bridgehead atoms. The van der Waals surface area contributed by atoms with Crippen molar-refractivity contribution >= 4 is 18.2 Å². The number of nitrogens with one attached hydrogen (secondary N) is 2. The first kappa shape index (κ1) is 24.5. The Labute approximate surface area is 199 Å². The first-order chi connectivity index (χ1) is 16.5. The third-order valence-electron chi connectivity index (χ3n) is 4.92. The van der Waals surface area contributed by atoms with Crippen molar-refractivity contribution in [3.05, 3.63) is 101 Å². The van der Waals surface area contributed by atoms with E-state index in [-0.39, 0.29) is 6.61 Å². The molecule has 3 aromatic carbocycles. The second kappa shape index (κ2) is 12.8. The van der Waals surface area contributed by atoms with Crippen LogP contribution in [0.1, 0.15) is 29.2 Å². The molecule has 3 rings (SSSR count). The van der Waals surface area contributed by atoms with Gasteiger partial charge in [-0.05, 0) is 54.8 Å². The number of benzene rings is 3. The molecule has 0 saturated carbocycles. The van der Waals surface area contributed by atoms with Gasteiger partial charge in [0.05, 0.1) is 12.8 Å². The Kier molecular flexibility index (Phi) is 9.22. The number of rotatable bonds is 10. The van der Waals surface area contributed by atoms with E-state index in [0.29, 0.717) is 13.0 Å². The Hall–Kier alpha value is -4.13. The van der Waals surface area contributed by atoms with Gasteiger partial charge in [0.15, 0.2) is 0 Å². The van der Waals surface area contributed by atoms with Crippen LogP contribution in [0.3, 0.4) is 0 Å². The van der Waals surface area contributed by atoms with E-state index in [1.807, 2.05) is 79.7 Å². The smallest absolute Gasteiger partial charge is 0.407 e. The van der Waals surface area contributed by atoms with Crippen LogP contribution >= 0.6 is 0 Å². The summed E-state index contributed by atoms with van der Waals surface area (Å²) < 4.78 is 10.7. The van der Waals surface area contributed by atoms with Crippen LogP contribution in [0.2, 0.25) is 0 Å². The summed E-state index contributed by atoms with van der Waals surface area (Å²) in [6.45, 7) is 4.46. The zero-order valence-corrected chi connectivity index (χ0v) is 19.4. The van der Waals surface area contributed by atoms with Gasteiger partial charge < -0.3 is 14.8 Å². The summed E-state index contributed by atoms with van der Waals surface area (Å²) in [5.74, 6) is 0.301. The largest absolute Gasteiger partial charge is 0.489 e. The Morgan fingerprint density at radius 3 is 2.41 bits per heavy atom. The van der Waals surface area contributed by atoms with E-state index in [4.69, 9.17) is 9.47 Å². The lowest BCUT2D eigenvalue weighted by Gasteiger charge is -2.16. The molecule has 3 aromatic rings. The molecule has 176 valence electrons. The van der Waals surface area contributed by atoms with Crippen molar-refractivity contribution < 1.29 is 19.1 Å². The van der Waals surface area contributed by atoms with Crippen molar-refractivity contribution in [1.82, 2.24) is 10.7 Å². The molecule has 7 nitrogen and oxygen atoms in total. The van der Waals surface area contributed by atoms with Gasteiger partial charge in [-0.15, -0.1) is 0 Å². The quantitative estimate of drug-likeness (QED) is 0.348. The highest BCUT2D eigenvalue weighted by molar-refractivity contribution is 5.87. The third-order valence-corrected chi connectivity index (χ3v) is 4.92. The van der Waals surface area contributed by atoms with Crippen LogP contribution < -0.4 is 15.5 Å². The fourth-order valence-corrected chi connectivity index (χ4v) is 3.24. The predicted molar refractivity (Wildman–Crippen MR) is 132 cm³/mol. The van der Waals surface area contributed by atoms with Gasteiger partial charge in [0.1, 0.15) is 18.4 Å². The van der Waals surface area contributed by atoms with E-state index in [2.05, 4.69) is 21.9 Å². The van der Waals surface area contributed by atoms with Gasteiger partial charge in [-0.3, -0.25) is 4.79 Å². The van der Waals surface area contributed by atoms with Crippen LogP contribution in [0.25, 0.3) is 0 Å². The van der Waals surface area contributed by atoms with Crippen molar-refractivity contribution in [2.24, 2.45) is 5.10 Å². The SMILES string of the molecule is CCOC(=O)N[C@H](Cc1ccccc1)C(=O)N/N=C\c1ccc(OCc2cccc(C)c2)cc1. The number of carbonyl (C=O) groups is 2. The number of hydrogen-bond acceptors (Lipinski definition) is 5. The van der Waals surface area contributed by atoms with Gasteiger partial charge in [-0.1, -0.05) is 60.2 Å². The highest BCUT2D eigenvalue weighted by Gasteiger charge is 2.21. The lowest BCUT2D eigenvalue weighted by atomic mass is 10.1. The van der Waals surface area contributed by atoms with E-state index >= 15 is 0 Å². The summed E-state index contributed by atoms with van der Waals surface area (Å²) in [5.41, 5.74) is 6.49. The second-order valence-corrected chi connectivity index (χ2v) is 7.69. The molecule has 0 saturated heterocycles. The van der Waals surface area contributed by atoms with Crippen molar-refractivity contribution in [1.29, 1.82) is 0 Å². The van der Waals surface area contributed by atoms with Crippen LogP contribution in [0.4, 0.5) is 4.79 Å². The highest BCUT2D eigenvalue weighted by atomic mass is 16.5. The summed E-state index contributed by atoms with van der Waals surface area (Å²) in [6, 6.07) is 24.2. The van der Waals surface area contributed by atoms with Crippen LogP contribution in [0.15, 0.2) is 84.0 Å². The number of aryl methyl sites for hydroxylation is 1. The average molecular weight is 460 g/mol. The van der Waals surface area contributed by atoms with Gasteiger partial charge in [-0.25, -0.2) is 10.2 Å². The second-order valence-electron chi connectivity index (χ2n) is 7.69. The lowest BCUT2D eigenvalue weighted by Crippen LogP contribution is -2.47. The number of hydrazone groups is 1. The van der Waals surface area contributed by atoms with Gasteiger partial charge >= 0.3 is 6.09 Å². The maximum Gasteiger partial charge on any atom is 0.407 e. The molecule has 0 fully saturated rings. The van der Waals surface area contributed by atoms with Crippen molar-refractivity contribution in [3.63, 3.8) is 0 Å². The Bertz CT molecular complexity index is 1100. The maximum absolute atomic E-state index is 12.7. The topological polar surface area (TPSA) is 89.0 Å². The molecular weight excluding hydrogens is 430 g/mol. The molecule has 0 aliphatic rings. The number of alkyl carbamates (subject to hydrolysis) is 1. The fraction of sp³-hybridized carbons (Fsp3) is 0.222. The summed E-state index contributed by atoms with van der Waals surface area (Å²) in [4.78, 5) is 24.5. The zero-order valence-electron chi connectivity index (χ0n) is 19.4. The molecule has 0 aliphatic carbocycles. The molecule has 0 unspecified atom stereocenters. The summed E-state index contributed by atoms with van der Waals surface area (Å²) >= 11 is 0. The minimum absolute atomic E-state index is 0.217. The molecule has 1 atom stereocenters. The lowest BCUT2D eigenvalue weighted by molar-refractivity contribution is -0.123. The number of ether oxygens (including phenoxy) is 2. The highest BCUT2D eigenvalue weighted by Crippen LogP contribution is 2.14. The van der Waals surface area contributed by atoms with Gasteiger partial charge in [0.2, 0.25) is 0 Å². The minimum Gasteiger partial charge on any atom is -0.489 e. The van der Waals surface area contributed by atoms with Crippen molar-refractivity contribution in [3.8, 4) is 5.75 Å². The van der Waals surface area contributed by atoms with Crippen LogP contribution in [0.5, 0.6) is 5.75 Å². The molecule has 34 heavy (non-hydrogen) atoms. The summed E-state index contributed by atoms with van der Waals surface area (Å²) in [5, 5.41) is 6.62. The van der Waals surface area contributed by atoms with E-state index < -0.39 is 18.0 Å². The van der Waals surface area contributed by atoms with E-state index in [1.165, 1.54) is 11.8 Å². The minimum atomic E-state index is -0.823. The van der Waals surface area contributed by atoms with Crippen LogP contribution in [-0.4, -0.2) is 30.9 Å². The molecule has 2 N–H and O–H groups in total. The molecule has 0 heterocycles. The number of amides is 2. The normalized spacial score (nSPS) is 11.6. The van der Waals surface area contributed by atoms with Crippen LogP contribution in [0, 0.1) is 6.92 Å². The fourth-order valence-electron chi connectivity index (χ4n) is 3.24. The van der Waals surface area contributed by atoms with E-state index in [9.17, 15) is 9.59 Å². The summed E-state index contributed by atoms with van der Waals surface area (Å²) in [7, 11) is 0. The number of carbonyl (C=O) groups excluding carboxylic acids is 2. The first-order valence-electron chi connectivity index (χ1n) is 11.1. The molecule has 0 aliphatic heterocycles. The van der Waals surface area contributed by atoms with E-state index in [0.717, 1.165) is 22.4 Å². The zero-order chi connectivity index (χ0) is 24.2. The van der Waals surface area contributed by atoms with Crippen molar-refractivity contribution in [2.75, 3.05) is 6.61 Å². The summed E-state index contributed by atoms with van der Waals surface area (Å²) in [6.07, 6.45) is 1.20. The third kappa shape index (κ3) is 8.09. The Balaban J connectivity index is 1.54. The molecule has 0 aromatic heterocycles. The molecule has 0 spiro atoms. The van der Waals surface area contributed by atoms with Gasteiger partial charge in [0, 0.05) is 6.42 Å². The average Bonchev–Trinajstić information content (AvgIpc) is 2.84. The van der Waals surface area contributed by atoms with Gasteiger partial charge in [0.25, 0.3) is 5.91 Å². The Morgan fingerprint density at radius 2 is 1.71 bits per heavy atom. The van der Waals surface area contributed by atoms with Gasteiger partial charge in [-0.2, -0.15) is 5.10 Å². The van der Waals surface area contributed by atoms with E-state index in [1.54, 1.807) is 6.92 Å². The Morgan fingerprint density at radius 1 is 0.971 bits per heavy atom. The molecule has 7 heteroatoms. The van der Waals surface area contributed by atoms with Crippen LogP contribution in [-0.2, 0) is 22.6 Å². The molecular formula is C27H29N3O4. The first-order valence-corrected chi connectivity index (χ1v) is 11.1. The molecule has 0 radical (unpaired) electrons. The molecule has 2 amide bonds. The van der Waals surface area contributed by atoms with Crippen molar-refractivity contribution in [2.45, 2.75) is 32.9 Å². The standard InChI is InChI=1S/C27H29N3O4/c1-3-33-27(32)29-25(17-21-9-5-4-6-10-21)26(31)30-28-18-22-12-14-24(15-13-22)34-19-23-11-7-8-20(2)16-23/h4-16,18,25H,3,17,19H2,1-2H3,(H,29,32)(H,30,31)/b28-18-/t25-/m1/s1. The maximum atomic E-state index is 12.7.